The van der Waals surface area contributed by atoms with Gasteiger partial charge in [0.15, 0.2) is 0 Å². The molecule has 6 nitrogen and oxygen atoms in total. The van der Waals surface area contributed by atoms with Crippen molar-refractivity contribution in [2.75, 3.05) is 6.61 Å². The summed E-state index contributed by atoms with van der Waals surface area (Å²) in [4.78, 5) is 15.2. The number of hydrazone groups is 1. The first-order valence-electron chi connectivity index (χ1n) is 7.54. The van der Waals surface area contributed by atoms with E-state index in [0.717, 1.165) is 16.7 Å². The van der Waals surface area contributed by atoms with Crippen LogP contribution in [0.1, 0.15) is 23.0 Å². The Morgan fingerprint density at radius 2 is 2.12 bits per heavy atom. The van der Waals surface area contributed by atoms with Crippen LogP contribution in [0.2, 0.25) is 0 Å². The van der Waals surface area contributed by atoms with Crippen LogP contribution < -0.4 is 10.2 Å². The molecule has 0 aliphatic heterocycles. The highest BCUT2D eigenvalue weighted by Crippen LogP contribution is 2.21. The largest absolute Gasteiger partial charge is 0.507 e. The molecular formula is C18H17N3O3. The quantitative estimate of drug-likeness (QED) is 0.498. The van der Waals surface area contributed by atoms with E-state index in [1.54, 1.807) is 30.3 Å². The van der Waals surface area contributed by atoms with Gasteiger partial charge in [0.25, 0.3) is 5.91 Å². The molecule has 3 N–H and O–H groups in total. The summed E-state index contributed by atoms with van der Waals surface area (Å²) in [6, 6.07) is 14.1. The van der Waals surface area contributed by atoms with E-state index >= 15 is 0 Å². The number of hydrogen-bond donors (Lipinski definition) is 3. The SMILES string of the molecule is CCOc1ccc2[nH]c(C(=O)N/N=C/c3ccccc3O)cc2c1. The molecule has 0 aliphatic rings. The summed E-state index contributed by atoms with van der Waals surface area (Å²) in [5, 5.41) is 14.4. The molecule has 0 spiro atoms. The van der Waals surface area contributed by atoms with Crippen LogP contribution in [0.4, 0.5) is 0 Å². The van der Waals surface area contributed by atoms with Gasteiger partial charge >= 0.3 is 0 Å². The number of nitrogens with one attached hydrogen (secondary N) is 2. The molecule has 0 atom stereocenters. The van der Waals surface area contributed by atoms with Gasteiger partial charge in [0.1, 0.15) is 17.2 Å². The van der Waals surface area contributed by atoms with E-state index < -0.39 is 0 Å². The van der Waals surface area contributed by atoms with Crippen molar-refractivity contribution < 1.29 is 14.6 Å². The van der Waals surface area contributed by atoms with Crippen molar-refractivity contribution >= 4 is 23.0 Å². The maximum atomic E-state index is 12.2. The highest BCUT2D eigenvalue weighted by molar-refractivity contribution is 5.98. The van der Waals surface area contributed by atoms with Gasteiger partial charge in [-0.2, -0.15) is 5.10 Å². The van der Waals surface area contributed by atoms with Gasteiger partial charge in [0.2, 0.25) is 0 Å². The zero-order valence-electron chi connectivity index (χ0n) is 13.1. The van der Waals surface area contributed by atoms with Crippen molar-refractivity contribution in [1.29, 1.82) is 0 Å². The predicted molar refractivity (Wildman–Crippen MR) is 92.6 cm³/mol. The minimum atomic E-state index is -0.365. The van der Waals surface area contributed by atoms with E-state index in [9.17, 15) is 9.90 Å². The van der Waals surface area contributed by atoms with Crippen LogP contribution in [0.25, 0.3) is 10.9 Å². The lowest BCUT2D eigenvalue weighted by Crippen LogP contribution is -2.17. The van der Waals surface area contributed by atoms with Crippen molar-refractivity contribution in [2.24, 2.45) is 5.10 Å². The average Bonchev–Trinajstić information content (AvgIpc) is 3.00. The summed E-state index contributed by atoms with van der Waals surface area (Å²) in [5.74, 6) is 0.494. The minimum Gasteiger partial charge on any atom is -0.507 e. The van der Waals surface area contributed by atoms with E-state index in [0.29, 0.717) is 17.9 Å². The number of phenolic OH excluding ortho intramolecular Hbond substituents is 1. The maximum Gasteiger partial charge on any atom is 0.287 e. The Hall–Kier alpha value is -3.28. The Labute approximate surface area is 138 Å². The molecule has 0 aliphatic carbocycles. The van der Waals surface area contributed by atoms with Crippen molar-refractivity contribution in [3.05, 3.63) is 59.8 Å². The van der Waals surface area contributed by atoms with Gasteiger partial charge in [-0.05, 0) is 43.3 Å². The second-order valence-corrected chi connectivity index (χ2v) is 5.12. The number of aromatic hydroxyl groups is 1. The second kappa shape index (κ2) is 6.87. The summed E-state index contributed by atoms with van der Waals surface area (Å²) in [5.41, 5.74) is 4.19. The molecule has 24 heavy (non-hydrogen) atoms. The molecule has 0 fully saturated rings. The lowest BCUT2D eigenvalue weighted by Gasteiger charge is -2.01. The summed E-state index contributed by atoms with van der Waals surface area (Å²) < 4.78 is 5.45. The predicted octanol–water partition coefficient (Wildman–Crippen LogP) is 3.04. The van der Waals surface area contributed by atoms with Gasteiger partial charge in [-0.1, -0.05) is 12.1 Å². The number of aromatic amines is 1. The van der Waals surface area contributed by atoms with Crippen LogP contribution in [-0.2, 0) is 0 Å². The van der Waals surface area contributed by atoms with Gasteiger partial charge in [0.05, 0.1) is 12.8 Å². The van der Waals surface area contributed by atoms with Crippen LogP contribution in [0.15, 0.2) is 53.6 Å². The topological polar surface area (TPSA) is 86.7 Å². The second-order valence-electron chi connectivity index (χ2n) is 5.12. The van der Waals surface area contributed by atoms with Crippen LogP contribution in [-0.4, -0.2) is 28.8 Å². The average molecular weight is 323 g/mol. The van der Waals surface area contributed by atoms with Gasteiger partial charge in [0, 0.05) is 16.5 Å². The third-order valence-electron chi connectivity index (χ3n) is 3.45. The van der Waals surface area contributed by atoms with Gasteiger partial charge in [-0.25, -0.2) is 5.43 Å². The number of carbonyl (C=O) groups is 1. The number of benzene rings is 2. The van der Waals surface area contributed by atoms with E-state index in [4.69, 9.17) is 4.74 Å². The fourth-order valence-corrected chi connectivity index (χ4v) is 2.31. The van der Waals surface area contributed by atoms with Crippen molar-refractivity contribution in [1.82, 2.24) is 10.4 Å². The molecule has 1 heterocycles. The fraction of sp³-hybridized carbons (Fsp3) is 0.111. The third-order valence-corrected chi connectivity index (χ3v) is 3.45. The minimum absolute atomic E-state index is 0.101. The normalized spacial score (nSPS) is 11.0. The number of amides is 1. The highest BCUT2D eigenvalue weighted by Gasteiger charge is 2.09. The van der Waals surface area contributed by atoms with Crippen LogP contribution >= 0.6 is 0 Å². The molecule has 6 heteroatoms. The van der Waals surface area contributed by atoms with Crippen molar-refractivity contribution in [2.45, 2.75) is 6.92 Å². The first-order valence-corrected chi connectivity index (χ1v) is 7.54. The molecule has 0 saturated heterocycles. The molecule has 0 unspecified atom stereocenters. The summed E-state index contributed by atoms with van der Waals surface area (Å²) >= 11 is 0. The summed E-state index contributed by atoms with van der Waals surface area (Å²) in [7, 11) is 0. The summed E-state index contributed by atoms with van der Waals surface area (Å²) in [6.45, 7) is 2.51. The monoisotopic (exact) mass is 323 g/mol. The molecular weight excluding hydrogens is 306 g/mol. The van der Waals surface area contributed by atoms with Crippen LogP contribution in [0.5, 0.6) is 11.5 Å². The number of fused-ring (bicyclic) bond motifs is 1. The number of nitrogens with zero attached hydrogens (tertiary/aromatic N) is 1. The number of H-pyrrole nitrogens is 1. The Kier molecular flexibility index (Phi) is 4.47. The zero-order valence-corrected chi connectivity index (χ0v) is 13.1. The molecule has 1 amide bonds. The number of rotatable bonds is 5. The number of ether oxygens (including phenoxy) is 1. The van der Waals surface area contributed by atoms with Crippen LogP contribution in [0, 0.1) is 0 Å². The molecule has 1 aromatic heterocycles. The molecule has 3 rings (SSSR count). The summed E-state index contributed by atoms with van der Waals surface area (Å²) in [6.07, 6.45) is 1.39. The Balaban J connectivity index is 1.73. The first kappa shape index (κ1) is 15.6. The molecule has 0 bridgehead atoms. The Morgan fingerprint density at radius 1 is 1.29 bits per heavy atom. The lowest BCUT2D eigenvalue weighted by molar-refractivity contribution is 0.0951. The Morgan fingerprint density at radius 3 is 2.92 bits per heavy atom. The number of phenols is 1. The van der Waals surface area contributed by atoms with Crippen LogP contribution in [0.3, 0.4) is 0 Å². The zero-order chi connectivity index (χ0) is 16.9. The lowest BCUT2D eigenvalue weighted by atomic mass is 10.2. The first-order chi connectivity index (χ1) is 11.7. The third kappa shape index (κ3) is 3.38. The maximum absolute atomic E-state index is 12.2. The fourth-order valence-electron chi connectivity index (χ4n) is 2.31. The van der Waals surface area contributed by atoms with E-state index in [1.165, 1.54) is 6.21 Å². The molecule has 0 saturated carbocycles. The van der Waals surface area contributed by atoms with Gasteiger partial charge < -0.3 is 14.8 Å². The number of para-hydroxylation sites is 1. The molecule has 2 aromatic carbocycles. The molecule has 0 radical (unpaired) electrons. The smallest absolute Gasteiger partial charge is 0.287 e. The standard InChI is InChI=1S/C18H17N3O3/c1-2-24-14-7-8-15-13(9-14)10-16(20-15)18(23)21-19-11-12-5-3-4-6-17(12)22/h3-11,20,22H,2H2,1H3,(H,21,23)/b19-11+. The Bertz CT molecular complexity index is 899. The van der Waals surface area contributed by atoms with Crippen molar-refractivity contribution in [3.8, 4) is 11.5 Å². The van der Waals surface area contributed by atoms with Gasteiger partial charge in [-0.15, -0.1) is 0 Å². The number of hydrogen-bond acceptors (Lipinski definition) is 4. The van der Waals surface area contributed by atoms with Gasteiger partial charge in [-0.3, -0.25) is 4.79 Å². The molecule has 122 valence electrons. The number of aromatic nitrogens is 1. The van der Waals surface area contributed by atoms with Crippen molar-refractivity contribution in [3.63, 3.8) is 0 Å². The number of carbonyl (C=O) groups excluding carboxylic acids is 1. The van der Waals surface area contributed by atoms with E-state index in [2.05, 4.69) is 15.5 Å². The molecule has 3 aromatic rings. The highest BCUT2D eigenvalue weighted by atomic mass is 16.5. The van der Waals surface area contributed by atoms with E-state index in [-0.39, 0.29) is 11.7 Å². The van der Waals surface area contributed by atoms with E-state index in [1.807, 2.05) is 25.1 Å².